The van der Waals surface area contributed by atoms with Crippen molar-refractivity contribution in [1.82, 2.24) is 15.5 Å². The molecular weight excluding hydrogens is 330 g/mol. The number of hydrogen-bond donors (Lipinski definition) is 3. The van der Waals surface area contributed by atoms with Crippen molar-refractivity contribution in [3.63, 3.8) is 0 Å². The molecule has 0 radical (unpaired) electrons. The van der Waals surface area contributed by atoms with Crippen LogP contribution < -0.4 is 16.8 Å². The van der Waals surface area contributed by atoms with E-state index in [-0.39, 0.29) is 17.3 Å². The highest BCUT2D eigenvalue weighted by Crippen LogP contribution is 2.34. The summed E-state index contributed by atoms with van der Waals surface area (Å²) in [4.78, 5) is 23.4. The number of amides is 2. The fourth-order valence-electron chi connectivity index (χ4n) is 3.42. The van der Waals surface area contributed by atoms with E-state index in [1.807, 2.05) is 37.3 Å². The lowest BCUT2D eigenvalue weighted by Crippen LogP contribution is -2.31. The van der Waals surface area contributed by atoms with Crippen molar-refractivity contribution in [3.05, 3.63) is 52.7 Å². The van der Waals surface area contributed by atoms with E-state index < -0.39 is 5.91 Å². The molecule has 0 spiro atoms. The van der Waals surface area contributed by atoms with E-state index in [2.05, 4.69) is 15.5 Å². The molecule has 26 heavy (non-hydrogen) atoms. The number of aryl methyl sites for hydroxylation is 1. The van der Waals surface area contributed by atoms with Crippen LogP contribution in [0.2, 0.25) is 0 Å². The van der Waals surface area contributed by atoms with Crippen molar-refractivity contribution in [2.75, 3.05) is 12.3 Å². The van der Waals surface area contributed by atoms with Gasteiger partial charge in [-0.05, 0) is 36.1 Å². The zero-order valence-corrected chi connectivity index (χ0v) is 14.2. The van der Waals surface area contributed by atoms with Gasteiger partial charge in [0.15, 0.2) is 5.69 Å². The van der Waals surface area contributed by atoms with Crippen LogP contribution in [0, 0.1) is 6.92 Å². The van der Waals surface area contributed by atoms with E-state index in [1.54, 1.807) is 0 Å². The Hall–Kier alpha value is -3.48. The highest BCUT2D eigenvalue weighted by Gasteiger charge is 2.20. The second-order valence-corrected chi connectivity index (χ2v) is 6.36. The second kappa shape index (κ2) is 5.80. The minimum absolute atomic E-state index is 0.0329. The molecule has 7 heteroatoms. The van der Waals surface area contributed by atoms with E-state index in [0.29, 0.717) is 23.0 Å². The summed E-state index contributed by atoms with van der Waals surface area (Å²) in [5.74, 6) is -0.763. The Labute approximate surface area is 149 Å². The molecule has 0 atom stereocenters. The third kappa shape index (κ3) is 2.36. The van der Waals surface area contributed by atoms with E-state index in [9.17, 15) is 9.59 Å². The van der Waals surface area contributed by atoms with Crippen molar-refractivity contribution in [2.45, 2.75) is 13.3 Å². The van der Waals surface area contributed by atoms with Gasteiger partial charge in [-0.1, -0.05) is 24.3 Å². The Kier molecular flexibility index (Phi) is 3.57. The minimum Gasteiger partial charge on any atom is -0.396 e. The standard InChI is InChI=1S/C19H17N5O2/c1-9-2-4-13-15(20)17(18(21)25)24-23-16(13)14(9)11-3-5-12-10(8-11)6-7-22-19(12)26/h2-5,8H,6-7H2,1H3,(H2,20,23)(H2,21,25)(H,22,26). The van der Waals surface area contributed by atoms with Gasteiger partial charge in [0.25, 0.3) is 11.8 Å². The summed E-state index contributed by atoms with van der Waals surface area (Å²) in [7, 11) is 0. The summed E-state index contributed by atoms with van der Waals surface area (Å²) >= 11 is 0. The van der Waals surface area contributed by atoms with Crippen molar-refractivity contribution in [2.24, 2.45) is 5.73 Å². The highest BCUT2D eigenvalue weighted by atomic mass is 16.2. The number of nitrogens with two attached hydrogens (primary N) is 2. The van der Waals surface area contributed by atoms with Crippen LogP contribution in [0.3, 0.4) is 0 Å². The molecule has 2 aromatic carbocycles. The first-order valence-corrected chi connectivity index (χ1v) is 8.24. The number of nitrogens with one attached hydrogen (secondary N) is 1. The van der Waals surface area contributed by atoms with Gasteiger partial charge in [0, 0.05) is 23.1 Å². The van der Waals surface area contributed by atoms with Crippen LogP contribution in [0.15, 0.2) is 30.3 Å². The maximum atomic E-state index is 12.0. The topological polar surface area (TPSA) is 124 Å². The van der Waals surface area contributed by atoms with Crippen LogP contribution in [-0.2, 0) is 6.42 Å². The zero-order chi connectivity index (χ0) is 18.4. The molecule has 0 fully saturated rings. The van der Waals surface area contributed by atoms with Gasteiger partial charge in [0.2, 0.25) is 0 Å². The predicted molar refractivity (Wildman–Crippen MR) is 98.7 cm³/mol. The molecule has 3 aromatic rings. The fraction of sp³-hybridized carbons (Fsp3) is 0.158. The normalized spacial score (nSPS) is 13.3. The van der Waals surface area contributed by atoms with Gasteiger partial charge in [-0.15, -0.1) is 10.2 Å². The number of primary amides is 1. The van der Waals surface area contributed by atoms with Crippen molar-refractivity contribution >= 4 is 28.4 Å². The summed E-state index contributed by atoms with van der Waals surface area (Å²) in [6.45, 7) is 2.60. The third-order valence-corrected chi connectivity index (χ3v) is 4.73. The predicted octanol–water partition coefficient (Wildman–Crippen LogP) is 1.57. The Bertz CT molecular complexity index is 1090. The molecule has 4 rings (SSSR count). The number of aromatic nitrogens is 2. The van der Waals surface area contributed by atoms with Crippen LogP contribution in [-0.4, -0.2) is 28.6 Å². The molecule has 0 aliphatic carbocycles. The quantitative estimate of drug-likeness (QED) is 0.649. The molecule has 1 aliphatic heterocycles. The van der Waals surface area contributed by atoms with Crippen molar-refractivity contribution in [3.8, 4) is 11.1 Å². The third-order valence-electron chi connectivity index (χ3n) is 4.73. The molecular formula is C19H17N5O2. The molecule has 0 bridgehead atoms. The van der Waals surface area contributed by atoms with Gasteiger partial charge in [-0.3, -0.25) is 9.59 Å². The Morgan fingerprint density at radius 2 is 2.00 bits per heavy atom. The molecule has 1 aromatic heterocycles. The summed E-state index contributed by atoms with van der Waals surface area (Å²) in [6.07, 6.45) is 0.776. The average molecular weight is 347 g/mol. The van der Waals surface area contributed by atoms with Gasteiger partial charge < -0.3 is 16.8 Å². The van der Waals surface area contributed by atoms with E-state index in [1.165, 1.54) is 0 Å². The van der Waals surface area contributed by atoms with Crippen LogP contribution in [0.5, 0.6) is 0 Å². The number of hydrogen-bond acceptors (Lipinski definition) is 5. The van der Waals surface area contributed by atoms with Crippen LogP contribution in [0.1, 0.15) is 32.0 Å². The van der Waals surface area contributed by atoms with Gasteiger partial charge >= 0.3 is 0 Å². The molecule has 5 N–H and O–H groups in total. The van der Waals surface area contributed by atoms with Gasteiger partial charge in [0.05, 0.1) is 5.69 Å². The van der Waals surface area contributed by atoms with E-state index in [4.69, 9.17) is 11.5 Å². The Morgan fingerprint density at radius 1 is 1.19 bits per heavy atom. The highest BCUT2D eigenvalue weighted by molar-refractivity contribution is 6.08. The number of rotatable bonds is 2. The Morgan fingerprint density at radius 3 is 2.77 bits per heavy atom. The lowest BCUT2D eigenvalue weighted by molar-refractivity contribution is 0.0944. The number of carbonyl (C=O) groups excluding carboxylic acids is 2. The van der Waals surface area contributed by atoms with Crippen LogP contribution in [0.25, 0.3) is 22.0 Å². The SMILES string of the molecule is Cc1ccc2c(N)c(C(N)=O)nnc2c1-c1ccc2c(c1)CCNC2=O. The fourth-order valence-corrected chi connectivity index (χ4v) is 3.42. The maximum absolute atomic E-state index is 12.0. The number of nitrogens with zero attached hydrogens (tertiary/aromatic N) is 2. The molecule has 7 nitrogen and oxygen atoms in total. The lowest BCUT2D eigenvalue weighted by atomic mass is 9.91. The van der Waals surface area contributed by atoms with E-state index in [0.717, 1.165) is 28.7 Å². The molecule has 0 unspecified atom stereocenters. The molecule has 0 saturated carbocycles. The van der Waals surface area contributed by atoms with Gasteiger partial charge in [0.1, 0.15) is 5.52 Å². The first kappa shape index (κ1) is 16.0. The Balaban J connectivity index is 1.97. The maximum Gasteiger partial charge on any atom is 0.271 e. The molecule has 1 aliphatic rings. The monoisotopic (exact) mass is 347 g/mol. The van der Waals surface area contributed by atoms with Crippen LogP contribution in [0.4, 0.5) is 5.69 Å². The molecule has 130 valence electrons. The number of benzene rings is 2. The van der Waals surface area contributed by atoms with Crippen LogP contribution >= 0.6 is 0 Å². The minimum atomic E-state index is -0.709. The number of carbonyl (C=O) groups is 2. The molecule has 2 amide bonds. The van der Waals surface area contributed by atoms with E-state index >= 15 is 0 Å². The number of anilines is 1. The average Bonchev–Trinajstić information content (AvgIpc) is 2.61. The second-order valence-electron chi connectivity index (χ2n) is 6.36. The molecule has 0 saturated heterocycles. The summed E-state index contributed by atoms with van der Waals surface area (Å²) in [5.41, 5.74) is 16.7. The van der Waals surface area contributed by atoms with Crippen molar-refractivity contribution < 1.29 is 9.59 Å². The number of nitrogen functional groups attached to an aromatic ring is 1. The van der Waals surface area contributed by atoms with Crippen molar-refractivity contribution in [1.29, 1.82) is 0 Å². The molecule has 2 heterocycles. The number of fused-ring (bicyclic) bond motifs is 2. The summed E-state index contributed by atoms with van der Waals surface area (Å²) in [6, 6.07) is 9.47. The first-order valence-electron chi connectivity index (χ1n) is 8.24. The smallest absolute Gasteiger partial charge is 0.271 e. The van der Waals surface area contributed by atoms with Gasteiger partial charge in [-0.2, -0.15) is 0 Å². The first-order chi connectivity index (χ1) is 12.5. The summed E-state index contributed by atoms with van der Waals surface area (Å²) in [5, 5.41) is 11.6. The zero-order valence-electron chi connectivity index (χ0n) is 14.2. The summed E-state index contributed by atoms with van der Waals surface area (Å²) < 4.78 is 0. The largest absolute Gasteiger partial charge is 0.396 e. The van der Waals surface area contributed by atoms with Gasteiger partial charge in [-0.25, -0.2) is 0 Å². The lowest BCUT2D eigenvalue weighted by Gasteiger charge is -2.18.